The Kier molecular flexibility index (Phi) is 3.33. The predicted octanol–water partition coefficient (Wildman–Crippen LogP) is 1.66. The van der Waals surface area contributed by atoms with Crippen LogP contribution in [0.2, 0.25) is 0 Å². The fraction of sp³-hybridized carbons (Fsp3) is 0.182. The molecule has 1 atom stereocenters. The Morgan fingerprint density at radius 2 is 2.11 bits per heavy atom. The molecule has 0 aliphatic carbocycles. The van der Waals surface area contributed by atoms with E-state index in [1.165, 1.54) is 41.4 Å². The molecule has 6 nitrogen and oxygen atoms in total. The van der Waals surface area contributed by atoms with Gasteiger partial charge in [-0.15, -0.1) is 0 Å². The summed E-state index contributed by atoms with van der Waals surface area (Å²) in [4.78, 5) is 13.4. The monoisotopic (exact) mass is 251 g/mol. The quantitative estimate of drug-likeness (QED) is 0.661. The molecule has 0 saturated heterocycles. The number of aromatic nitrogens is 2. The SMILES string of the molecule is O=[N+]([O-])c1cn(C[C@H](O)c2ccc(F)cc2)cn1. The fourth-order valence-electron chi connectivity index (χ4n) is 1.53. The van der Waals surface area contributed by atoms with Crippen LogP contribution < -0.4 is 0 Å². The molecule has 0 unspecified atom stereocenters. The molecule has 1 aromatic carbocycles. The summed E-state index contributed by atoms with van der Waals surface area (Å²) in [5, 5.41) is 20.3. The third kappa shape index (κ3) is 2.69. The number of nitrogens with zero attached hydrogens (tertiary/aromatic N) is 3. The molecule has 0 spiro atoms. The van der Waals surface area contributed by atoms with E-state index in [0.29, 0.717) is 5.56 Å². The third-order valence-corrected chi connectivity index (χ3v) is 2.45. The second-order valence-electron chi connectivity index (χ2n) is 3.75. The lowest BCUT2D eigenvalue weighted by molar-refractivity contribution is -0.389. The van der Waals surface area contributed by atoms with Crippen molar-refractivity contribution in [3.63, 3.8) is 0 Å². The van der Waals surface area contributed by atoms with Gasteiger partial charge >= 0.3 is 5.82 Å². The predicted molar refractivity (Wildman–Crippen MR) is 60.2 cm³/mol. The van der Waals surface area contributed by atoms with Crippen LogP contribution in [0.3, 0.4) is 0 Å². The topological polar surface area (TPSA) is 81.2 Å². The van der Waals surface area contributed by atoms with Crippen molar-refractivity contribution in [1.29, 1.82) is 0 Å². The maximum Gasteiger partial charge on any atom is 0.381 e. The van der Waals surface area contributed by atoms with Gasteiger partial charge in [-0.1, -0.05) is 12.1 Å². The lowest BCUT2D eigenvalue weighted by Gasteiger charge is -2.10. The molecule has 0 aliphatic rings. The number of aliphatic hydroxyl groups excluding tert-OH is 1. The Balaban J connectivity index is 2.08. The fourth-order valence-corrected chi connectivity index (χ4v) is 1.53. The number of benzene rings is 1. The van der Waals surface area contributed by atoms with E-state index in [1.807, 2.05) is 0 Å². The lowest BCUT2D eigenvalue weighted by atomic mass is 10.1. The van der Waals surface area contributed by atoms with Gasteiger partial charge in [0.25, 0.3) is 0 Å². The summed E-state index contributed by atoms with van der Waals surface area (Å²) in [7, 11) is 0. The Hall–Kier alpha value is -2.28. The van der Waals surface area contributed by atoms with Crippen molar-refractivity contribution in [3.05, 3.63) is 58.3 Å². The van der Waals surface area contributed by atoms with Gasteiger partial charge in [-0.25, -0.2) is 4.39 Å². The summed E-state index contributed by atoms with van der Waals surface area (Å²) < 4.78 is 14.1. The molecule has 7 heteroatoms. The van der Waals surface area contributed by atoms with E-state index >= 15 is 0 Å². The molecule has 0 radical (unpaired) electrons. The largest absolute Gasteiger partial charge is 0.387 e. The first kappa shape index (κ1) is 12.2. The van der Waals surface area contributed by atoms with Crippen LogP contribution in [0.1, 0.15) is 11.7 Å². The molecule has 0 bridgehead atoms. The van der Waals surface area contributed by atoms with Gasteiger partial charge < -0.3 is 19.8 Å². The minimum atomic E-state index is -0.876. The van der Waals surface area contributed by atoms with Crippen LogP contribution in [0.25, 0.3) is 0 Å². The van der Waals surface area contributed by atoms with Crippen molar-refractivity contribution < 1.29 is 14.4 Å². The van der Waals surface area contributed by atoms with Crippen LogP contribution >= 0.6 is 0 Å². The molecule has 94 valence electrons. The van der Waals surface area contributed by atoms with E-state index in [4.69, 9.17) is 0 Å². The average molecular weight is 251 g/mol. The third-order valence-electron chi connectivity index (χ3n) is 2.45. The first-order chi connectivity index (χ1) is 8.56. The van der Waals surface area contributed by atoms with Gasteiger partial charge in [-0.05, 0) is 27.6 Å². The first-order valence-electron chi connectivity index (χ1n) is 5.16. The van der Waals surface area contributed by atoms with Gasteiger partial charge in [0.2, 0.25) is 6.33 Å². The first-order valence-corrected chi connectivity index (χ1v) is 5.16. The van der Waals surface area contributed by atoms with Crippen molar-refractivity contribution in [2.45, 2.75) is 12.6 Å². The van der Waals surface area contributed by atoms with Gasteiger partial charge in [-0.2, -0.15) is 0 Å². The molecule has 1 heterocycles. The highest BCUT2D eigenvalue weighted by Crippen LogP contribution is 2.16. The number of halogens is 1. The zero-order valence-corrected chi connectivity index (χ0v) is 9.23. The van der Waals surface area contributed by atoms with Crippen molar-refractivity contribution in [2.24, 2.45) is 0 Å². The molecule has 1 aromatic heterocycles. The summed E-state index contributed by atoms with van der Waals surface area (Å²) in [6.45, 7) is 0.118. The highest BCUT2D eigenvalue weighted by atomic mass is 19.1. The smallest absolute Gasteiger partial charge is 0.381 e. The van der Waals surface area contributed by atoms with Crippen LogP contribution in [-0.4, -0.2) is 19.6 Å². The number of hydrogen-bond donors (Lipinski definition) is 1. The number of rotatable bonds is 4. The van der Waals surface area contributed by atoms with Crippen LogP contribution in [-0.2, 0) is 6.54 Å². The molecule has 0 saturated carbocycles. The minimum Gasteiger partial charge on any atom is -0.387 e. The number of nitro groups is 1. The average Bonchev–Trinajstić information content (AvgIpc) is 2.78. The van der Waals surface area contributed by atoms with E-state index < -0.39 is 11.0 Å². The van der Waals surface area contributed by atoms with Crippen LogP contribution in [0.4, 0.5) is 10.2 Å². The van der Waals surface area contributed by atoms with E-state index in [0.717, 1.165) is 0 Å². The Bertz CT molecular complexity index is 553. The number of imidazole rings is 1. The number of hydrogen-bond acceptors (Lipinski definition) is 4. The molecule has 1 N–H and O–H groups in total. The normalized spacial score (nSPS) is 12.3. The Morgan fingerprint density at radius 3 is 2.67 bits per heavy atom. The molecule has 18 heavy (non-hydrogen) atoms. The van der Waals surface area contributed by atoms with Gasteiger partial charge in [0.15, 0.2) is 0 Å². The maximum absolute atomic E-state index is 12.7. The Labute approximate surface area is 101 Å². The maximum atomic E-state index is 12.7. The van der Waals surface area contributed by atoms with Gasteiger partial charge in [0.1, 0.15) is 12.0 Å². The minimum absolute atomic E-state index is 0.118. The highest BCUT2D eigenvalue weighted by molar-refractivity contribution is 5.19. The van der Waals surface area contributed by atoms with Crippen LogP contribution in [0, 0.1) is 15.9 Å². The van der Waals surface area contributed by atoms with Gasteiger partial charge in [0, 0.05) is 0 Å². The summed E-state index contributed by atoms with van der Waals surface area (Å²) in [5.74, 6) is -0.662. The zero-order valence-electron chi connectivity index (χ0n) is 9.23. The summed E-state index contributed by atoms with van der Waals surface area (Å²) >= 11 is 0. The summed E-state index contributed by atoms with van der Waals surface area (Å²) in [6.07, 6.45) is 1.62. The summed E-state index contributed by atoms with van der Waals surface area (Å²) in [5.41, 5.74) is 0.535. The van der Waals surface area contributed by atoms with E-state index in [-0.39, 0.29) is 18.2 Å². The Morgan fingerprint density at radius 1 is 1.44 bits per heavy atom. The molecule has 2 rings (SSSR count). The van der Waals surface area contributed by atoms with Crippen molar-refractivity contribution in [2.75, 3.05) is 0 Å². The second-order valence-corrected chi connectivity index (χ2v) is 3.75. The van der Waals surface area contributed by atoms with Crippen molar-refractivity contribution in [3.8, 4) is 0 Å². The molecular weight excluding hydrogens is 241 g/mol. The molecule has 0 fully saturated rings. The van der Waals surface area contributed by atoms with Crippen LogP contribution in [0.5, 0.6) is 0 Å². The molecule has 2 aromatic rings. The molecular formula is C11H10FN3O3. The van der Waals surface area contributed by atoms with Crippen LogP contribution in [0.15, 0.2) is 36.8 Å². The molecule has 0 amide bonds. The van der Waals surface area contributed by atoms with E-state index in [1.54, 1.807) is 0 Å². The second kappa shape index (κ2) is 4.92. The van der Waals surface area contributed by atoms with Crippen molar-refractivity contribution in [1.82, 2.24) is 9.55 Å². The van der Waals surface area contributed by atoms with Gasteiger partial charge in [0.05, 0.1) is 12.6 Å². The van der Waals surface area contributed by atoms with Crippen molar-refractivity contribution >= 4 is 5.82 Å². The van der Waals surface area contributed by atoms with Gasteiger partial charge in [-0.3, -0.25) is 0 Å². The highest BCUT2D eigenvalue weighted by Gasteiger charge is 2.13. The van der Waals surface area contributed by atoms with E-state index in [9.17, 15) is 19.6 Å². The molecule has 0 aliphatic heterocycles. The number of aliphatic hydroxyl groups is 1. The zero-order chi connectivity index (χ0) is 13.1. The lowest BCUT2D eigenvalue weighted by Crippen LogP contribution is -2.07. The summed E-state index contributed by atoms with van der Waals surface area (Å²) in [6, 6.07) is 5.42. The standard InChI is InChI=1S/C11H10FN3O3/c12-9-3-1-8(2-4-9)10(16)5-14-6-11(13-7-14)15(17)18/h1-4,6-7,10,16H,5H2/t10-/m0/s1. The van der Waals surface area contributed by atoms with E-state index in [2.05, 4.69) is 4.98 Å².